The van der Waals surface area contributed by atoms with E-state index in [0.717, 1.165) is 23.4 Å². The van der Waals surface area contributed by atoms with Gasteiger partial charge in [0, 0.05) is 13.1 Å². The molecule has 0 aliphatic carbocycles. The van der Waals surface area contributed by atoms with Gasteiger partial charge >= 0.3 is 0 Å². The molecule has 0 amide bonds. The quantitative estimate of drug-likeness (QED) is 0.880. The first-order chi connectivity index (χ1) is 8.70. The molecule has 96 valence electrons. The third-order valence-corrected chi connectivity index (χ3v) is 3.05. The minimum absolute atomic E-state index is 0.108. The van der Waals surface area contributed by atoms with E-state index in [2.05, 4.69) is 11.9 Å². The van der Waals surface area contributed by atoms with Crippen LogP contribution < -0.4 is 10.5 Å². The van der Waals surface area contributed by atoms with Crippen molar-refractivity contribution < 1.29 is 4.74 Å². The number of aryl methyl sites for hydroxylation is 1. The molecule has 18 heavy (non-hydrogen) atoms. The monoisotopic (exact) mass is 245 g/mol. The molecule has 2 rings (SSSR count). The zero-order valence-corrected chi connectivity index (χ0v) is 10.8. The lowest BCUT2D eigenvalue weighted by molar-refractivity contribution is 0.297. The summed E-state index contributed by atoms with van der Waals surface area (Å²) in [6.07, 6.45) is 4.51. The van der Waals surface area contributed by atoms with E-state index in [0.29, 0.717) is 6.61 Å². The number of aromatic nitrogens is 2. The van der Waals surface area contributed by atoms with Crippen molar-refractivity contribution in [2.24, 2.45) is 12.8 Å². The molecule has 2 aromatic rings. The molecule has 0 saturated heterocycles. The van der Waals surface area contributed by atoms with Crippen LogP contribution in [0.4, 0.5) is 0 Å². The summed E-state index contributed by atoms with van der Waals surface area (Å²) in [6.45, 7) is 2.60. The number of imidazole rings is 1. The normalized spacial score (nSPS) is 12.4. The second-order valence-corrected chi connectivity index (χ2v) is 4.37. The molecule has 0 bridgehead atoms. The maximum atomic E-state index is 5.96. The highest BCUT2D eigenvalue weighted by Crippen LogP contribution is 2.18. The smallest absolute Gasteiger partial charge is 0.130 e. The number of hydrogen-bond acceptors (Lipinski definition) is 3. The molecule has 0 saturated carbocycles. The first-order valence-corrected chi connectivity index (χ1v) is 6.14. The summed E-state index contributed by atoms with van der Waals surface area (Å²) in [4.78, 5) is 4.05. The summed E-state index contributed by atoms with van der Waals surface area (Å²) >= 11 is 0. The summed E-state index contributed by atoms with van der Waals surface area (Å²) in [5.41, 5.74) is 8.15. The molecule has 0 unspecified atom stereocenters. The van der Waals surface area contributed by atoms with Crippen molar-refractivity contribution in [2.45, 2.75) is 26.0 Å². The minimum atomic E-state index is 0.108. The standard InChI is InChI=1S/C14H19N3O/c1-3-14(15)11-4-6-13(7-5-11)18-9-12-8-16-10-17(12)2/h4-8,10,14H,3,9,15H2,1-2H3/t14-/m0/s1. The number of nitrogens with zero attached hydrogens (tertiary/aromatic N) is 2. The fourth-order valence-electron chi connectivity index (χ4n) is 1.73. The average Bonchev–Trinajstić information content (AvgIpc) is 2.81. The topological polar surface area (TPSA) is 53.1 Å². The number of hydrogen-bond donors (Lipinski definition) is 1. The lowest BCUT2D eigenvalue weighted by Crippen LogP contribution is -2.08. The van der Waals surface area contributed by atoms with E-state index in [4.69, 9.17) is 10.5 Å². The Balaban J connectivity index is 1.96. The third-order valence-electron chi connectivity index (χ3n) is 3.05. The van der Waals surface area contributed by atoms with Gasteiger partial charge in [0.25, 0.3) is 0 Å². The highest BCUT2D eigenvalue weighted by molar-refractivity contribution is 5.29. The van der Waals surface area contributed by atoms with Crippen molar-refractivity contribution in [3.05, 3.63) is 48.0 Å². The fraction of sp³-hybridized carbons (Fsp3) is 0.357. The Morgan fingerprint density at radius 1 is 1.33 bits per heavy atom. The van der Waals surface area contributed by atoms with Crippen LogP contribution in [0.25, 0.3) is 0 Å². The van der Waals surface area contributed by atoms with Crippen molar-refractivity contribution in [1.82, 2.24) is 9.55 Å². The van der Waals surface area contributed by atoms with Gasteiger partial charge in [-0.25, -0.2) is 4.98 Å². The predicted molar refractivity (Wildman–Crippen MR) is 71.2 cm³/mol. The van der Waals surface area contributed by atoms with Gasteiger partial charge in [0.1, 0.15) is 12.4 Å². The lowest BCUT2D eigenvalue weighted by Gasteiger charge is -2.11. The first-order valence-electron chi connectivity index (χ1n) is 6.14. The van der Waals surface area contributed by atoms with Crippen LogP contribution >= 0.6 is 0 Å². The zero-order valence-electron chi connectivity index (χ0n) is 10.8. The molecule has 1 atom stereocenters. The van der Waals surface area contributed by atoms with Crippen LogP contribution in [-0.2, 0) is 13.7 Å². The molecule has 0 aliphatic rings. The Hall–Kier alpha value is -1.81. The van der Waals surface area contributed by atoms with Gasteiger partial charge < -0.3 is 15.0 Å². The summed E-state index contributed by atoms with van der Waals surface area (Å²) in [5, 5.41) is 0. The number of benzene rings is 1. The molecule has 1 aromatic carbocycles. The fourth-order valence-corrected chi connectivity index (χ4v) is 1.73. The van der Waals surface area contributed by atoms with E-state index in [9.17, 15) is 0 Å². The maximum Gasteiger partial charge on any atom is 0.130 e. The van der Waals surface area contributed by atoms with Crippen molar-refractivity contribution in [2.75, 3.05) is 0 Å². The van der Waals surface area contributed by atoms with Crippen LogP contribution in [0.3, 0.4) is 0 Å². The predicted octanol–water partition coefficient (Wildman–Crippen LogP) is 2.41. The minimum Gasteiger partial charge on any atom is -0.487 e. The summed E-state index contributed by atoms with van der Waals surface area (Å²) < 4.78 is 7.64. The van der Waals surface area contributed by atoms with Gasteiger partial charge in [-0.15, -0.1) is 0 Å². The highest BCUT2D eigenvalue weighted by Gasteiger charge is 2.04. The molecule has 1 heterocycles. The van der Waals surface area contributed by atoms with E-state index >= 15 is 0 Å². The van der Waals surface area contributed by atoms with Crippen LogP contribution in [0.1, 0.15) is 30.6 Å². The van der Waals surface area contributed by atoms with Gasteiger partial charge in [-0.1, -0.05) is 19.1 Å². The van der Waals surface area contributed by atoms with Crippen LogP contribution in [0, 0.1) is 0 Å². The van der Waals surface area contributed by atoms with Gasteiger partial charge in [-0.3, -0.25) is 0 Å². The Morgan fingerprint density at radius 3 is 2.61 bits per heavy atom. The molecule has 4 heteroatoms. The van der Waals surface area contributed by atoms with Crippen molar-refractivity contribution in [3.63, 3.8) is 0 Å². The molecule has 0 radical (unpaired) electrons. The second kappa shape index (κ2) is 5.69. The number of nitrogens with two attached hydrogens (primary N) is 1. The van der Waals surface area contributed by atoms with Crippen LogP contribution in [0.2, 0.25) is 0 Å². The Kier molecular flexibility index (Phi) is 3.99. The Morgan fingerprint density at radius 2 is 2.06 bits per heavy atom. The van der Waals surface area contributed by atoms with Gasteiger partial charge in [0.05, 0.1) is 18.2 Å². The van der Waals surface area contributed by atoms with Gasteiger partial charge in [-0.2, -0.15) is 0 Å². The summed E-state index contributed by atoms with van der Waals surface area (Å²) in [5.74, 6) is 0.850. The molecule has 1 aromatic heterocycles. The molecule has 4 nitrogen and oxygen atoms in total. The van der Waals surface area contributed by atoms with E-state index in [1.807, 2.05) is 35.9 Å². The largest absolute Gasteiger partial charge is 0.487 e. The molecule has 0 aliphatic heterocycles. The maximum absolute atomic E-state index is 5.96. The highest BCUT2D eigenvalue weighted by atomic mass is 16.5. The summed E-state index contributed by atoms with van der Waals surface area (Å²) in [6, 6.07) is 8.07. The number of rotatable bonds is 5. The molecular formula is C14H19N3O. The van der Waals surface area contributed by atoms with E-state index in [1.165, 1.54) is 0 Å². The number of ether oxygens (including phenoxy) is 1. The van der Waals surface area contributed by atoms with Crippen LogP contribution in [0.5, 0.6) is 5.75 Å². The van der Waals surface area contributed by atoms with Crippen LogP contribution in [0.15, 0.2) is 36.8 Å². The molecule has 0 spiro atoms. The average molecular weight is 245 g/mol. The van der Waals surface area contributed by atoms with Gasteiger partial charge in [0.2, 0.25) is 0 Å². The van der Waals surface area contributed by atoms with Gasteiger partial charge in [-0.05, 0) is 24.1 Å². The van der Waals surface area contributed by atoms with Crippen molar-refractivity contribution in [1.29, 1.82) is 0 Å². The Bertz CT molecular complexity index is 490. The van der Waals surface area contributed by atoms with E-state index in [1.54, 1.807) is 12.5 Å². The molecule has 0 fully saturated rings. The van der Waals surface area contributed by atoms with E-state index in [-0.39, 0.29) is 6.04 Å². The van der Waals surface area contributed by atoms with Gasteiger partial charge in [0.15, 0.2) is 0 Å². The third kappa shape index (κ3) is 2.90. The first kappa shape index (κ1) is 12.6. The van der Waals surface area contributed by atoms with Crippen molar-refractivity contribution in [3.8, 4) is 5.75 Å². The Labute approximate surface area is 107 Å². The second-order valence-electron chi connectivity index (χ2n) is 4.37. The van der Waals surface area contributed by atoms with E-state index < -0.39 is 0 Å². The molecule has 2 N–H and O–H groups in total. The SMILES string of the molecule is CC[C@H](N)c1ccc(OCc2cncn2C)cc1. The molecular weight excluding hydrogens is 226 g/mol. The zero-order chi connectivity index (χ0) is 13.0. The van der Waals surface area contributed by atoms with Crippen LogP contribution in [-0.4, -0.2) is 9.55 Å². The summed E-state index contributed by atoms with van der Waals surface area (Å²) in [7, 11) is 1.95. The van der Waals surface area contributed by atoms with Crippen molar-refractivity contribution >= 4 is 0 Å². The lowest BCUT2D eigenvalue weighted by atomic mass is 10.1.